The lowest BCUT2D eigenvalue weighted by Gasteiger charge is -2.60. The van der Waals surface area contributed by atoms with Crippen molar-refractivity contribution >= 4 is 0 Å². The smallest absolute Gasteiger partial charge is 0.201 e. The molecule has 5 aliphatic heterocycles. The molecule has 8 nitrogen and oxygen atoms in total. The van der Waals surface area contributed by atoms with E-state index in [1.54, 1.807) is 0 Å². The van der Waals surface area contributed by atoms with Gasteiger partial charge in [0.2, 0.25) is 5.79 Å². The van der Waals surface area contributed by atoms with Crippen molar-refractivity contribution in [2.24, 2.45) is 23.7 Å². The summed E-state index contributed by atoms with van der Waals surface area (Å²) >= 11 is 0. The molecule has 1 aliphatic carbocycles. The number of ether oxygens (including phenoxy) is 4. The first-order chi connectivity index (χ1) is 15.0. The first-order valence-corrected chi connectivity index (χ1v) is 12.3. The Labute approximate surface area is 186 Å². The van der Waals surface area contributed by atoms with Crippen LogP contribution in [0.5, 0.6) is 0 Å². The lowest BCUT2D eigenvalue weighted by molar-refractivity contribution is -0.577. The third-order valence-electron chi connectivity index (χ3n) is 8.37. The zero-order valence-corrected chi connectivity index (χ0v) is 19.3. The predicted molar refractivity (Wildman–Crippen MR) is 113 cm³/mol. The Morgan fingerprint density at radius 1 is 1.03 bits per heavy atom. The van der Waals surface area contributed by atoms with Gasteiger partial charge < -0.3 is 24.3 Å². The minimum atomic E-state index is -0.732. The summed E-state index contributed by atoms with van der Waals surface area (Å²) in [6.07, 6.45) is 3.50. The third kappa shape index (κ3) is 4.19. The largest absolute Gasteiger partial charge is 0.379 e. The number of hydrogen-bond donors (Lipinski definition) is 1. The quantitative estimate of drug-likeness (QED) is 0.477. The highest BCUT2D eigenvalue weighted by Crippen LogP contribution is 2.60. The van der Waals surface area contributed by atoms with Crippen LogP contribution in [0.1, 0.15) is 46.5 Å². The summed E-state index contributed by atoms with van der Waals surface area (Å²) in [5, 5.41) is 3.50. The Kier molecular flexibility index (Phi) is 6.63. The summed E-state index contributed by atoms with van der Waals surface area (Å²) < 4.78 is 24.5. The molecule has 1 N–H and O–H groups in total. The van der Waals surface area contributed by atoms with Gasteiger partial charge in [0.25, 0.3) is 0 Å². The van der Waals surface area contributed by atoms with Gasteiger partial charge in [-0.1, -0.05) is 13.8 Å². The van der Waals surface area contributed by atoms with Gasteiger partial charge in [-0.15, -0.1) is 0 Å². The normalized spacial score (nSPS) is 47.7. The highest BCUT2D eigenvalue weighted by molar-refractivity contribution is 5.09. The van der Waals surface area contributed by atoms with Crippen LogP contribution in [0.3, 0.4) is 0 Å². The first-order valence-electron chi connectivity index (χ1n) is 12.3. The monoisotopic (exact) mass is 440 g/mol. The molecule has 8 atom stereocenters. The van der Waals surface area contributed by atoms with Gasteiger partial charge in [-0.05, 0) is 38.0 Å². The molecule has 31 heavy (non-hydrogen) atoms. The molecule has 1 spiro atoms. The molecule has 5 saturated heterocycles. The Morgan fingerprint density at radius 2 is 1.87 bits per heavy atom. The van der Waals surface area contributed by atoms with E-state index >= 15 is 0 Å². The van der Waals surface area contributed by atoms with E-state index in [0.29, 0.717) is 24.4 Å². The van der Waals surface area contributed by atoms with E-state index in [2.05, 4.69) is 24.1 Å². The molecule has 6 rings (SSSR count). The number of morpholine rings is 1. The average molecular weight is 441 g/mol. The van der Waals surface area contributed by atoms with E-state index in [9.17, 15) is 0 Å². The van der Waals surface area contributed by atoms with Crippen LogP contribution in [-0.2, 0) is 28.7 Å². The first kappa shape index (κ1) is 22.5. The molecule has 5 heterocycles. The molecule has 8 heteroatoms. The van der Waals surface area contributed by atoms with Crippen molar-refractivity contribution in [1.82, 2.24) is 10.2 Å². The van der Waals surface area contributed by atoms with Crippen molar-refractivity contribution in [1.29, 1.82) is 0 Å². The van der Waals surface area contributed by atoms with Gasteiger partial charge in [0.15, 0.2) is 18.2 Å². The van der Waals surface area contributed by atoms with Crippen molar-refractivity contribution in [2.75, 3.05) is 52.5 Å². The zero-order chi connectivity index (χ0) is 21.5. The number of rotatable bonds is 7. The van der Waals surface area contributed by atoms with E-state index in [1.165, 1.54) is 6.42 Å². The summed E-state index contributed by atoms with van der Waals surface area (Å²) in [6.45, 7) is 13.7. The van der Waals surface area contributed by atoms with Crippen LogP contribution in [0.4, 0.5) is 0 Å². The van der Waals surface area contributed by atoms with Gasteiger partial charge in [0.1, 0.15) is 0 Å². The van der Waals surface area contributed by atoms with Gasteiger partial charge in [-0.25, -0.2) is 9.78 Å². The summed E-state index contributed by atoms with van der Waals surface area (Å²) in [4.78, 5) is 14.5. The van der Waals surface area contributed by atoms with Crippen molar-refractivity contribution in [3.63, 3.8) is 0 Å². The van der Waals surface area contributed by atoms with Crippen LogP contribution in [0.2, 0.25) is 0 Å². The number of hydrogen-bond acceptors (Lipinski definition) is 8. The third-order valence-corrected chi connectivity index (χ3v) is 8.37. The fraction of sp³-hybridized carbons (Fsp3) is 1.00. The fourth-order valence-electron chi connectivity index (χ4n) is 6.50. The maximum Gasteiger partial charge on any atom is 0.201 e. The second-order valence-electron chi connectivity index (χ2n) is 10.3. The molecule has 2 bridgehead atoms. The van der Waals surface area contributed by atoms with Crippen molar-refractivity contribution in [3.8, 4) is 0 Å². The van der Waals surface area contributed by atoms with Crippen LogP contribution in [-0.4, -0.2) is 81.4 Å². The summed E-state index contributed by atoms with van der Waals surface area (Å²) in [5.74, 6) is 0.786. The van der Waals surface area contributed by atoms with Crippen molar-refractivity contribution in [2.45, 2.75) is 70.4 Å². The second-order valence-corrected chi connectivity index (χ2v) is 10.3. The van der Waals surface area contributed by atoms with Gasteiger partial charge >= 0.3 is 0 Å². The van der Waals surface area contributed by atoms with Gasteiger partial charge in [-0.3, -0.25) is 4.90 Å². The summed E-state index contributed by atoms with van der Waals surface area (Å²) in [5.41, 5.74) is -0.511. The van der Waals surface area contributed by atoms with Crippen LogP contribution >= 0.6 is 0 Å². The number of fused-ring (bicyclic) bond motifs is 2. The molecule has 6 aliphatic rings. The molecule has 0 aromatic rings. The lowest BCUT2D eigenvalue weighted by atomic mass is 9.58. The average Bonchev–Trinajstić information content (AvgIpc) is 3.00. The van der Waals surface area contributed by atoms with Gasteiger partial charge in [0, 0.05) is 51.0 Å². The van der Waals surface area contributed by atoms with E-state index in [1.807, 2.05) is 6.92 Å². The Morgan fingerprint density at radius 3 is 2.71 bits per heavy atom. The molecular weight excluding hydrogens is 400 g/mol. The molecule has 6 fully saturated rings. The van der Waals surface area contributed by atoms with E-state index in [-0.39, 0.29) is 12.2 Å². The van der Waals surface area contributed by atoms with E-state index < -0.39 is 17.7 Å². The molecule has 0 radical (unpaired) electrons. The van der Waals surface area contributed by atoms with Gasteiger partial charge in [-0.2, -0.15) is 0 Å². The Hall–Kier alpha value is -0.320. The van der Waals surface area contributed by atoms with Crippen LogP contribution < -0.4 is 5.32 Å². The van der Waals surface area contributed by atoms with Crippen LogP contribution in [0, 0.1) is 23.7 Å². The standard InChI is InChI=1S/C23H40N2O6/c1-16-4-5-19-17(2)20(27-13-9-24-8-10-25-11-14-26-15-12-25)28-21-23(19)18(16)6-7-22(3,29-21)30-31-23/h16-21,24H,4-15H2,1-3H3/t16-,17-,18?,19?,20+,21?,22?,23-/m1/s1. The molecule has 1 saturated carbocycles. The fourth-order valence-corrected chi connectivity index (χ4v) is 6.50. The summed E-state index contributed by atoms with van der Waals surface area (Å²) in [6, 6.07) is 0. The van der Waals surface area contributed by atoms with Crippen molar-refractivity contribution in [3.05, 3.63) is 0 Å². The minimum Gasteiger partial charge on any atom is -0.379 e. The topological polar surface area (TPSA) is 70.7 Å². The molecule has 0 amide bonds. The molecule has 178 valence electrons. The van der Waals surface area contributed by atoms with E-state index in [4.69, 9.17) is 28.7 Å². The Balaban J connectivity index is 1.16. The SMILES string of the molecule is C[C@@H]1CCC2[C@@H](C)[C@@H](OCCNCCN3CCOCC3)OC3OC4(C)CCC1[C@]32OO4. The minimum absolute atomic E-state index is 0.231. The highest BCUT2D eigenvalue weighted by atomic mass is 17.3. The van der Waals surface area contributed by atoms with Crippen molar-refractivity contribution < 1.29 is 28.7 Å². The molecular formula is C23H40N2O6. The predicted octanol–water partition coefficient (Wildman–Crippen LogP) is 2.13. The van der Waals surface area contributed by atoms with E-state index in [0.717, 1.165) is 65.2 Å². The van der Waals surface area contributed by atoms with Crippen LogP contribution in [0.15, 0.2) is 0 Å². The number of nitrogens with one attached hydrogen (secondary N) is 1. The van der Waals surface area contributed by atoms with Crippen LogP contribution in [0.25, 0.3) is 0 Å². The molecule has 4 unspecified atom stereocenters. The Bertz CT molecular complexity index is 619. The molecule has 0 aromatic carbocycles. The highest BCUT2D eigenvalue weighted by Gasteiger charge is 2.69. The maximum absolute atomic E-state index is 6.46. The lowest BCUT2D eigenvalue weighted by Crippen LogP contribution is -2.70. The maximum atomic E-state index is 6.46. The number of nitrogens with zero attached hydrogens (tertiary/aromatic N) is 1. The second kappa shape index (κ2) is 9.14. The summed E-state index contributed by atoms with van der Waals surface area (Å²) in [7, 11) is 0. The van der Waals surface area contributed by atoms with Gasteiger partial charge in [0.05, 0.1) is 19.8 Å². The zero-order valence-electron chi connectivity index (χ0n) is 19.3. The molecule has 0 aromatic heterocycles.